The summed E-state index contributed by atoms with van der Waals surface area (Å²) in [5.41, 5.74) is 0.223. The minimum Gasteiger partial charge on any atom is -0.335 e. The molecule has 1 amide bonds. The van der Waals surface area contributed by atoms with Crippen molar-refractivity contribution in [2.24, 2.45) is 0 Å². The third kappa shape index (κ3) is 3.33. The molecule has 1 atom stereocenters. The number of aromatic nitrogens is 1. The summed E-state index contributed by atoms with van der Waals surface area (Å²) in [6.45, 7) is 6.59. The lowest BCUT2D eigenvalue weighted by molar-refractivity contribution is 0.0694. The van der Waals surface area contributed by atoms with Crippen molar-refractivity contribution in [2.75, 3.05) is 6.54 Å². The molecule has 0 fully saturated rings. The summed E-state index contributed by atoms with van der Waals surface area (Å²) in [6, 6.07) is 3.32. The molecule has 0 saturated heterocycles. The molecule has 0 aliphatic heterocycles. The van der Waals surface area contributed by atoms with E-state index in [2.05, 4.69) is 4.98 Å². The van der Waals surface area contributed by atoms with E-state index in [1.807, 2.05) is 20.8 Å². The average Bonchev–Trinajstić information content (AvgIpc) is 2.32. The lowest BCUT2D eigenvalue weighted by Gasteiger charge is -2.27. The van der Waals surface area contributed by atoms with Gasteiger partial charge >= 0.3 is 0 Å². The molecule has 1 heterocycles. The first-order valence-electron chi connectivity index (χ1n) is 5.64. The lowest BCUT2D eigenvalue weighted by atomic mass is 10.2. The zero-order chi connectivity index (χ0) is 13.0. The highest BCUT2D eigenvalue weighted by molar-refractivity contribution is 6.34. The molecular weight excluding hydrogens is 259 g/mol. The summed E-state index contributed by atoms with van der Waals surface area (Å²) < 4.78 is 0. The van der Waals surface area contributed by atoms with Crippen molar-refractivity contribution >= 4 is 29.1 Å². The Kier molecular flexibility index (Phi) is 5.22. The van der Waals surface area contributed by atoms with Crippen LogP contribution in [0.3, 0.4) is 0 Å². The Balaban J connectivity index is 3.05. The maximum absolute atomic E-state index is 12.3. The molecule has 0 aliphatic rings. The van der Waals surface area contributed by atoms with Gasteiger partial charge in [-0.25, -0.2) is 4.98 Å². The molecule has 0 bridgehead atoms. The minimum absolute atomic E-state index is 0.157. The van der Waals surface area contributed by atoms with E-state index in [0.717, 1.165) is 6.42 Å². The van der Waals surface area contributed by atoms with Gasteiger partial charge in [-0.15, -0.1) is 0 Å². The summed E-state index contributed by atoms with van der Waals surface area (Å²) >= 11 is 11.8. The van der Waals surface area contributed by atoms with Crippen LogP contribution < -0.4 is 0 Å². The largest absolute Gasteiger partial charge is 0.335 e. The fraction of sp³-hybridized carbons (Fsp3) is 0.500. The molecule has 0 radical (unpaired) electrons. The van der Waals surface area contributed by atoms with Crippen LogP contribution in [0.1, 0.15) is 37.7 Å². The molecular formula is C12H16Cl2N2O. The first kappa shape index (κ1) is 14.3. The predicted octanol–water partition coefficient (Wildman–Crippen LogP) is 3.65. The third-order valence-electron chi connectivity index (χ3n) is 2.74. The molecule has 1 unspecified atom stereocenters. The second kappa shape index (κ2) is 6.22. The first-order valence-corrected chi connectivity index (χ1v) is 6.39. The smallest absolute Gasteiger partial charge is 0.274 e. The van der Waals surface area contributed by atoms with E-state index in [0.29, 0.717) is 11.6 Å². The number of amides is 1. The summed E-state index contributed by atoms with van der Waals surface area (Å²) in [7, 11) is 0. The third-order valence-corrected chi connectivity index (χ3v) is 3.25. The van der Waals surface area contributed by atoms with Gasteiger partial charge in [-0.05, 0) is 32.4 Å². The monoisotopic (exact) mass is 274 g/mol. The van der Waals surface area contributed by atoms with Crippen molar-refractivity contribution in [3.63, 3.8) is 0 Å². The quantitative estimate of drug-likeness (QED) is 0.786. The number of hydrogen-bond donors (Lipinski definition) is 0. The number of halogens is 2. The molecule has 0 N–H and O–H groups in total. The van der Waals surface area contributed by atoms with E-state index >= 15 is 0 Å². The SMILES string of the molecule is CCC(C)N(CC)C(=O)c1nc(Cl)ccc1Cl. The van der Waals surface area contributed by atoms with Crippen molar-refractivity contribution < 1.29 is 4.79 Å². The first-order chi connectivity index (χ1) is 8.01. The topological polar surface area (TPSA) is 33.2 Å². The van der Waals surface area contributed by atoms with E-state index in [1.54, 1.807) is 17.0 Å². The van der Waals surface area contributed by atoms with Gasteiger partial charge in [-0.3, -0.25) is 4.79 Å². The minimum atomic E-state index is -0.172. The van der Waals surface area contributed by atoms with Gasteiger partial charge in [0.05, 0.1) is 5.02 Å². The van der Waals surface area contributed by atoms with Gasteiger partial charge in [0.25, 0.3) is 5.91 Å². The fourth-order valence-corrected chi connectivity index (χ4v) is 1.91. The van der Waals surface area contributed by atoms with Crippen LogP contribution in [0.4, 0.5) is 0 Å². The van der Waals surface area contributed by atoms with Crippen molar-refractivity contribution in [1.29, 1.82) is 0 Å². The van der Waals surface area contributed by atoms with Crippen LogP contribution in [0.5, 0.6) is 0 Å². The molecule has 94 valence electrons. The number of pyridine rings is 1. The second-order valence-electron chi connectivity index (χ2n) is 3.81. The Bertz CT molecular complexity index is 409. The van der Waals surface area contributed by atoms with Gasteiger partial charge in [0.2, 0.25) is 0 Å². The lowest BCUT2D eigenvalue weighted by Crippen LogP contribution is -2.38. The summed E-state index contributed by atoms with van der Waals surface area (Å²) in [6.07, 6.45) is 0.887. The van der Waals surface area contributed by atoms with Gasteiger partial charge < -0.3 is 4.90 Å². The van der Waals surface area contributed by atoms with Gasteiger partial charge in [0, 0.05) is 12.6 Å². The van der Waals surface area contributed by atoms with E-state index in [9.17, 15) is 4.79 Å². The molecule has 3 nitrogen and oxygen atoms in total. The van der Waals surface area contributed by atoms with Gasteiger partial charge in [-0.2, -0.15) is 0 Å². The Labute approximate surface area is 112 Å². The van der Waals surface area contributed by atoms with E-state index < -0.39 is 0 Å². The highest BCUT2D eigenvalue weighted by Gasteiger charge is 2.22. The molecule has 5 heteroatoms. The Morgan fingerprint density at radius 3 is 2.59 bits per heavy atom. The van der Waals surface area contributed by atoms with E-state index in [1.165, 1.54) is 0 Å². The van der Waals surface area contributed by atoms with Crippen LogP contribution in [-0.2, 0) is 0 Å². The number of carbonyl (C=O) groups excluding carboxylic acids is 1. The standard InChI is InChI=1S/C12H16Cl2N2O/c1-4-8(3)16(5-2)12(17)11-9(13)6-7-10(14)15-11/h6-8H,4-5H2,1-3H3. The maximum atomic E-state index is 12.3. The van der Waals surface area contributed by atoms with Crippen molar-refractivity contribution in [2.45, 2.75) is 33.2 Å². The van der Waals surface area contributed by atoms with Crippen LogP contribution in [0.25, 0.3) is 0 Å². The highest BCUT2D eigenvalue weighted by Crippen LogP contribution is 2.19. The summed E-state index contributed by atoms with van der Waals surface area (Å²) in [5, 5.41) is 0.610. The van der Waals surface area contributed by atoms with Crippen LogP contribution in [-0.4, -0.2) is 28.4 Å². The molecule has 17 heavy (non-hydrogen) atoms. The average molecular weight is 275 g/mol. The number of rotatable bonds is 4. The van der Waals surface area contributed by atoms with E-state index in [4.69, 9.17) is 23.2 Å². The molecule has 1 aromatic heterocycles. The Morgan fingerprint density at radius 1 is 1.41 bits per heavy atom. The zero-order valence-corrected chi connectivity index (χ0v) is 11.7. The van der Waals surface area contributed by atoms with E-state index in [-0.39, 0.29) is 22.8 Å². The maximum Gasteiger partial charge on any atom is 0.274 e. The molecule has 0 aromatic carbocycles. The predicted molar refractivity (Wildman–Crippen MR) is 70.7 cm³/mol. The molecule has 1 rings (SSSR count). The number of hydrogen-bond acceptors (Lipinski definition) is 2. The number of carbonyl (C=O) groups is 1. The highest BCUT2D eigenvalue weighted by atomic mass is 35.5. The molecule has 0 saturated carbocycles. The Hall–Kier alpha value is -0.800. The zero-order valence-electron chi connectivity index (χ0n) is 10.2. The second-order valence-corrected chi connectivity index (χ2v) is 4.61. The summed E-state index contributed by atoms with van der Waals surface area (Å²) in [4.78, 5) is 18.0. The van der Waals surface area contributed by atoms with Crippen LogP contribution >= 0.6 is 23.2 Å². The Morgan fingerprint density at radius 2 is 2.06 bits per heavy atom. The fourth-order valence-electron chi connectivity index (χ4n) is 1.58. The van der Waals surface area contributed by atoms with Crippen molar-refractivity contribution in [3.05, 3.63) is 28.0 Å². The van der Waals surface area contributed by atoms with Gasteiger partial charge in [0.15, 0.2) is 0 Å². The molecule has 1 aromatic rings. The van der Waals surface area contributed by atoms with Crippen LogP contribution in [0.2, 0.25) is 10.2 Å². The van der Waals surface area contributed by atoms with Crippen LogP contribution in [0, 0.1) is 0 Å². The normalized spacial score (nSPS) is 12.3. The summed E-state index contributed by atoms with van der Waals surface area (Å²) in [5.74, 6) is -0.172. The molecule has 0 aliphatic carbocycles. The van der Waals surface area contributed by atoms with Gasteiger partial charge in [0.1, 0.15) is 10.8 Å². The van der Waals surface area contributed by atoms with Crippen molar-refractivity contribution in [1.82, 2.24) is 9.88 Å². The molecule has 0 spiro atoms. The van der Waals surface area contributed by atoms with Crippen molar-refractivity contribution in [3.8, 4) is 0 Å². The number of nitrogens with zero attached hydrogens (tertiary/aromatic N) is 2. The van der Waals surface area contributed by atoms with Gasteiger partial charge in [-0.1, -0.05) is 30.1 Å². The van der Waals surface area contributed by atoms with Crippen LogP contribution in [0.15, 0.2) is 12.1 Å².